The molecule has 0 aliphatic carbocycles. The van der Waals surface area contributed by atoms with Gasteiger partial charge in [-0.05, 0) is 56.7 Å². The summed E-state index contributed by atoms with van der Waals surface area (Å²) in [5.74, 6) is -0.213. The SMILES string of the molecule is CCN(CC)c1ncc2nc(-c3cc(NC(=O)c4cccc(C(F)(F)F)c4)ccc3C)c(=O)n(C)c2n1. The van der Waals surface area contributed by atoms with Crippen LogP contribution in [-0.4, -0.2) is 38.5 Å². The number of benzene rings is 2. The maximum Gasteiger partial charge on any atom is 0.416 e. The first-order valence-electron chi connectivity index (χ1n) is 11.6. The van der Waals surface area contributed by atoms with E-state index in [1.807, 2.05) is 18.7 Å². The van der Waals surface area contributed by atoms with Gasteiger partial charge in [0.15, 0.2) is 5.65 Å². The molecule has 0 radical (unpaired) electrons. The van der Waals surface area contributed by atoms with E-state index >= 15 is 0 Å². The third kappa shape index (κ3) is 5.16. The molecule has 1 N–H and O–H groups in total. The van der Waals surface area contributed by atoms with E-state index in [-0.39, 0.29) is 16.8 Å². The average molecular weight is 511 g/mol. The number of halogens is 3. The summed E-state index contributed by atoms with van der Waals surface area (Å²) in [7, 11) is 1.60. The Kier molecular flexibility index (Phi) is 6.97. The molecule has 0 saturated heterocycles. The van der Waals surface area contributed by atoms with Gasteiger partial charge in [-0.3, -0.25) is 14.2 Å². The van der Waals surface area contributed by atoms with Crippen molar-refractivity contribution in [2.45, 2.75) is 26.9 Å². The quantitative estimate of drug-likeness (QED) is 0.400. The number of hydrogen-bond acceptors (Lipinski definition) is 6. The second kappa shape index (κ2) is 10.00. The zero-order chi connectivity index (χ0) is 26.9. The minimum atomic E-state index is -4.56. The van der Waals surface area contributed by atoms with E-state index in [1.54, 1.807) is 38.4 Å². The minimum Gasteiger partial charge on any atom is -0.341 e. The molecule has 0 saturated carbocycles. The summed E-state index contributed by atoms with van der Waals surface area (Å²) in [5, 5.41) is 2.61. The highest BCUT2D eigenvalue weighted by Crippen LogP contribution is 2.30. The van der Waals surface area contributed by atoms with E-state index in [0.717, 1.165) is 17.7 Å². The molecule has 37 heavy (non-hydrogen) atoms. The van der Waals surface area contributed by atoms with Gasteiger partial charge in [-0.1, -0.05) is 12.1 Å². The topological polar surface area (TPSA) is 93.0 Å². The Morgan fingerprint density at radius 1 is 1.08 bits per heavy atom. The van der Waals surface area contributed by atoms with Gasteiger partial charge in [0.25, 0.3) is 11.5 Å². The van der Waals surface area contributed by atoms with Crippen LogP contribution in [0.25, 0.3) is 22.4 Å². The van der Waals surface area contributed by atoms with Crippen LogP contribution in [0.3, 0.4) is 0 Å². The molecule has 0 aliphatic heterocycles. The molecular weight excluding hydrogens is 485 g/mol. The van der Waals surface area contributed by atoms with Crippen LogP contribution in [-0.2, 0) is 13.2 Å². The van der Waals surface area contributed by atoms with Gasteiger partial charge in [0.05, 0.1) is 11.8 Å². The van der Waals surface area contributed by atoms with Gasteiger partial charge in [-0.15, -0.1) is 0 Å². The van der Waals surface area contributed by atoms with E-state index in [0.29, 0.717) is 41.5 Å². The highest BCUT2D eigenvalue weighted by molar-refractivity contribution is 6.04. The van der Waals surface area contributed by atoms with E-state index in [2.05, 4.69) is 20.3 Å². The number of nitrogens with zero attached hydrogens (tertiary/aromatic N) is 5. The largest absolute Gasteiger partial charge is 0.416 e. The summed E-state index contributed by atoms with van der Waals surface area (Å²) in [6, 6.07) is 9.04. The fourth-order valence-electron chi connectivity index (χ4n) is 3.94. The zero-order valence-corrected chi connectivity index (χ0v) is 20.7. The number of fused-ring (bicyclic) bond motifs is 1. The summed E-state index contributed by atoms with van der Waals surface area (Å²) < 4.78 is 40.5. The lowest BCUT2D eigenvalue weighted by molar-refractivity contribution is -0.137. The Morgan fingerprint density at radius 2 is 1.81 bits per heavy atom. The molecule has 2 aromatic heterocycles. The molecule has 11 heteroatoms. The summed E-state index contributed by atoms with van der Waals surface area (Å²) in [6.07, 6.45) is -3.00. The van der Waals surface area contributed by atoms with Crippen molar-refractivity contribution in [2.24, 2.45) is 7.05 Å². The second-order valence-electron chi connectivity index (χ2n) is 8.44. The third-order valence-corrected chi connectivity index (χ3v) is 6.04. The lowest BCUT2D eigenvalue weighted by atomic mass is 10.0. The van der Waals surface area contributed by atoms with Gasteiger partial charge in [-0.2, -0.15) is 18.2 Å². The van der Waals surface area contributed by atoms with Crippen molar-refractivity contribution >= 4 is 28.7 Å². The van der Waals surface area contributed by atoms with Gasteiger partial charge in [-0.25, -0.2) is 9.97 Å². The number of anilines is 2. The van der Waals surface area contributed by atoms with Crippen LogP contribution in [0, 0.1) is 6.92 Å². The number of hydrogen-bond donors (Lipinski definition) is 1. The number of alkyl halides is 3. The van der Waals surface area contributed by atoms with Crippen molar-refractivity contribution in [3.05, 3.63) is 75.7 Å². The maximum atomic E-state index is 13.3. The predicted molar refractivity (Wildman–Crippen MR) is 136 cm³/mol. The Labute approximate surface area is 210 Å². The van der Waals surface area contributed by atoms with E-state index in [4.69, 9.17) is 0 Å². The van der Waals surface area contributed by atoms with E-state index in [1.165, 1.54) is 16.7 Å². The van der Waals surface area contributed by atoms with Crippen molar-refractivity contribution in [2.75, 3.05) is 23.3 Å². The molecule has 8 nitrogen and oxygen atoms in total. The fourth-order valence-corrected chi connectivity index (χ4v) is 3.94. The second-order valence-corrected chi connectivity index (χ2v) is 8.44. The molecule has 4 aromatic rings. The number of carbonyl (C=O) groups excluding carboxylic acids is 1. The Morgan fingerprint density at radius 3 is 2.49 bits per heavy atom. The molecule has 4 rings (SSSR count). The molecule has 0 bridgehead atoms. The molecule has 0 fully saturated rings. The van der Waals surface area contributed by atoms with Crippen LogP contribution in [0.5, 0.6) is 0 Å². The molecule has 0 atom stereocenters. The Balaban J connectivity index is 1.72. The van der Waals surface area contributed by atoms with Crippen LogP contribution < -0.4 is 15.8 Å². The molecule has 0 aliphatic rings. The first-order chi connectivity index (χ1) is 17.5. The average Bonchev–Trinajstić information content (AvgIpc) is 2.88. The van der Waals surface area contributed by atoms with Gasteiger partial charge in [0.2, 0.25) is 5.95 Å². The maximum absolute atomic E-state index is 13.3. The summed E-state index contributed by atoms with van der Waals surface area (Å²) >= 11 is 0. The van der Waals surface area contributed by atoms with Crippen molar-refractivity contribution in [3.63, 3.8) is 0 Å². The van der Waals surface area contributed by atoms with Crippen molar-refractivity contribution in [1.29, 1.82) is 0 Å². The normalized spacial score (nSPS) is 11.5. The third-order valence-electron chi connectivity index (χ3n) is 6.04. The molecule has 0 spiro atoms. The fraction of sp³-hybridized carbons (Fsp3) is 0.269. The van der Waals surface area contributed by atoms with E-state index in [9.17, 15) is 22.8 Å². The first-order valence-corrected chi connectivity index (χ1v) is 11.6. The first kappa shape index (κ1) is 25.8. The predicted octanol–water partition coefficient (Wildman–Crippen LogP) is 4.82. The number of rotatable bonds is 6. The molecule has 2 heterocycles. The van der Waals surface area contributed by atoms with Crippen LogP contribution in [0.1, 0.15) is 35.3 Å². The van der Waals surface area contributed by atoms with Crippen molar-refractivity contribution in [1.82, 2.24) is 19.5 Å². The highest BCUT2D eigenvalue weighted by atomic mass is 19.4. The molecule has 192 valence electrons. The number of aryl methyl sites for hydroxylation is 2. The van der Waals surface area contributed by atoms with Gasteiger partial charge in [0.1, 0.15) is 11.2 Å². The monoisotopic (exact) mass is 510 g/mol. The molecule has 2 aromatic carbocycles. The lowest BCUT2D eigenvalue weighted by Gasteiger charge is -2.19. The summed E-state index contributed by atoms with van der Waals surface area (Å²) in [4.78, 5) is 41.4. The number of nitrogens with one attached hydrogen (secondary N) is 1. The van der Waals surface area contributed by atoms with Crippen LogP contribution in [0.2, 0.25) is 0 Å². The smallest absolute Gasteiger partial charge is 0.341 e. The van der Waals surface area contributed by atoms with Gasteiger partial charge in [0, 0.05) is 37.0 Å². The lowest BCUT2D eigenvalue weighted by Crippen LogP contribution is -2.26. The van der Waals surface area contributed by atoms with Crippen molar-refractivity contribution < 1.29 is 18.0 Å². The number of amides is 1. The highest BCUT2D eigenvalue weighted by Gasteiger charge is 2.31. The Bertz CT molecular complexity index is 1540. The summed E-state index contributed by atoms with van der Waals surface area (Å²) in [5.41, 5.74) is 1.00. The van der Waals surface area contributed by atoms with Crippen molar-refractivity contribution in [3.8, 4) is 11.3 Å². The summed E-state index contributed by atoms with van der Waals surface area (Å²) in [6.45, 7) is 7.18. The van der Waals surface area contributed by atoms with Gasteiger partial charge >= 0.3 is 6.18 Å². The standard InChI is InChI=1S/C26H25F3N6O2/c1-5-35(6-2)25-30-14-20-22(33-25)34(4)24(37)21(32-20)19-13-18(11-10-15(19)3)31-23(36)16-8-7-9-17(12-16)26(27,28)29/h7-14H,5-6H2,1-4H3,(H,31,36). The minimum absolute atomic E-state index is 0.141. The zero-order valence-electron chi connectivity index (χ0n) is 20.7. The van der Waals surface area contributed by atoms with Crippen LogP contribution in [0.4, 0.5) is 24.8 Å². The molecule has 0 unspecified atom stereocenters. The van der Waals surface area contributed by atoms with Crippen LogP contribution >= 0.6 is 0 Å². The number of aromatic nitrogens is 4. The van der Waals surface area contributed by atoms with E-state index < -0.39 is 17.6 Å². The molecule has 1 amide bonds. The number of carbonyl (C=O) groups is 1. The van der Waals surface area contributed by atoms with Crippen LogP contribution in [0.15, 0.2) is 53.5 Å². The Hall–Kier alpha value is -4.28. The van der Waals surface area contributed by atoms with Gasteiger partial charge < -0.3 is 10.2 Å². The molecular formula is C26H25F3N6O2.